The van der Waals surface area contributed by atoms with E-state index in [-0.39, 0.29) is 11.4 Å². The van der Waals surface area contributed by atoms with Crippen LogP contribution < -0.4 is 4.90 Å². The number of carboxylic acid groups (broad SMARTS) is 1. The van der Waals surface area contributed by atoms with Gasteiger partial charge in [-0.05, 0) is 42.5 Å². The standard InChI is InChI=1S/C14H11F2NO2/c1-17(11-5-2-9(15)3-6-11)13-7-4-10(16)8-12(13)14(18)19/h2-8H,1H3,(H,18,19). The molecule has 0 saturated heterocycles. The van der Waals surface area contributed by atoms with Gasteiger partial charge in [0.25, 0.3) is 0 Å². The summed E-state index contributed by atoms with van der Waals surface area (Å²) in [7, 11) is 1.63. The SMILES string of the molecule is CN(c1ccc(F)cc1)c1ccc(F)cc1C(=O)O. The summed E-state index contributed by atoms with van der Waals surface area (Å²) in [5.41, 5.74) is 0.794. The van der Waals surface area contributed by atoms with Gasteiger partial charge in [0, 0.05) is 12.7 Å². The molecule has 2 aromatic rings. The highest BCUT2D eigenvalue weighted by Crippen LogP contribution is 2.27. The summed E-state index contributed by atoms with van der Waals surface area (Å²) in [5, 5.41) is 9.08. The Labute approximate surface area is 108 Å². The molecule has 0 aliphatic rings. The van der Waals surface area contributed by atoms with E-state index < -0.39 is 11.8 Å². The van der Waals surface area contributed by atoms with Crippen LogP contribution in [0, 0.1) is 11.6 Å². The lowest BCUT2D eigenvalue weighted by molar-refractivity contribution is 0.0697. The molecule has 3 nitrogen and oxygen atoms in total. The Morgan fingerprint density at radius 2 is 1.63 bits per heavy atom. The molecule has 0 aliphatic carbocycles. The molecule has 0 fully saturated rings. The fourth-order valence-corrected chi connectivity index (χ4v) is 1.78. The minimum absolute atomic E-state index is 0.146. The van der Waals surface area contributed by atoms with Crippen molar-refractivity contribution < 1.29 is 18.7 Å². The van der Waals surface area contributed by atoms with Gasteiger partial charge in [-0.1, -0.05) is 0 Å². The van der Waals surface area contributed by atoms with Gasteiger partial charge in [-0.25, -0.2) is 13.6 Å². The third-order valence-corrected chi connectivity index (χ3v) is 2.76. The van der Waals surface area contributed by atoms with Gasteiger partial charge in [0.05, 0.1) is 11.3 Å². The van der Waals surface area contributed by atoms with E-state index in [1.165, 1.54) is 36.4 Å². The Morgan fingerprint density at radius 1 is 1.05 bits per heavy atom. The van der Waals surface area contributed by atoms with Gasteiger partial charge in [-0.2, -0.15) is 0 Å². The third-order valence-electron chi connectivity index (χ3n) is 2.76. The minimum atomic E-state index is -1.22. The monoisotopic (exact) mass is 263 g/mol. The predicted molar refractivity (Wildman–Crippen MR) is 67.8 cm³/mol. The zero-order valence-corrected chi connectivity index (χ0v) is 10.1. The zero-order chi connectivity index (χ0) is 14.0. The number of hydrogen-bond acceptors (Lipinski definition) is 2. The lowest BCUT2D eigenvalue weighted by Crippen LogP contribution is -2.14. The Bertz CT molecular complexity index is 611. The van der Waals surface area contributed by atoms with Crippen molar-refractivity contribution in [2.24, 2.45) is 0 Å². The molecule has 0 aliphatic heterocycles. The van der Waals surface area contributed by atoms with E-state index in [9.17, 15) is 13.6 Å². The molecule has 5 heteroatoms. The Morgan fingerprint density at radius 3 is 2.21 bits per heavy atom. The summed E-state index contributed by atoms with van der Waals surface area (Å²) >= 11 is 0. The number of halogens is 2. The summed E-state index contributed by atoms with van der Waals surface area (Å²) in [6.45, 7) is 0. The molecule has 98 valence electrons. The molecular weight excluding hydrogens is 252 g/mol. The lowest BCUT2D eigenvalue weighted by atomic mass is 10.1. The van der Waals surface area contributed by atoms with E-state index in [0.717, 1.165) is 6.07 Å². The maximum atomic E-state index is 13.1. The molecule has 0 atom stereocenters. The van der Waals surface area contributed by atoms with Crippen molar-refractivity contribution >= 4 is 17.3 Å². The molecule has 0 bridgehead atoms. The average Bonchev–Trinajstić information content (AvgIpc) is 2.38. The molecule has 0 heterocycles. The highest BCUT2D eigenvalue weighted by Gasteiger charge is 2.15. The van der Waals surface area contributed by atoms with E-state index in [4.69, 9.17) is 5.11 Å². The number of rotatable bonds is 3. The molecule has 0 aromatic heterocycles. The van der Waals surface area contributed by atoms with Crippen LogP contribution in [0.1, 0.15) is 10.4 Å². The Hall–Kier alpha value is -2.43. The quantitative estimate of drug-likeness (QED) is 0.922. The van der Waals surface area contributed by atoms with Crippen molar-refractivity contribution in [3.8, 4) is 0 Å². The number of carbonyl (C=O) groups is 1. The van der Waals surface area contributed by atoms with E-state index >= 15 is 0 Å². The first kappa shape index (κ1) is 13.0. The van der Waals surface area contributed by atoms with Crippen molar-refractivity contribution in [3.05, 3.63) is 59.7 Å². The highest BCUT2D eigenvalue weighted by atomic mass is 19.1. The van der Waals surface area contributed by atoms with Crippen LogP contribution in [0.5, 0.6) is 0 Å². The van der Waals surface area contributed by atoms with Gasteiger partial charge in [0.2, 0.25) is 0 Å². The maximum absolute atomic E-state index is 13.1. The number of carboxylic acids is 1. The number of nitrogens with zero attached hydrogens (tertiary/aromatic N) is 1. The van der Waals surface area contributed by atoms with Crippen molar-refractivity contribution in [1.82, 2.24) is 0 Å². The molecule has 0 radical (unpaired) electrons. The molecular formula is C14H11F2NO2. The lowest BCUT2D eigenvalue weighted by Gasteiger charge is -2.21. The Balaban J connectivity index is 2.46. The van der Waals surface area contributed by atoms with E-state index in [1.54, 1.807) is 11.9 Å². The second kappa shape index (κ2) is 5.06. The number of hydrogen-bond donors (Lipinski definition) is 1. The number of aromatic carboxylic acids is 1. The van der Waals surface area contributed by atoms with Crippen LogP contribution in [0.4, 0.5) is 20.2 Å². The van der Waals surface area contributed by atoms with Gasteiger partial charge in [0.1, 0.15) is 11.6 Å². The van der Waals surface area contributed by atoms with Crippen LogP contribution in [0.25, 0.3) is 0 Å². The minimum Gasteiger partial charge on any atom is -0.478 e. The summed E-state index contributed by atoms with van der Waals surface area (Å²) in [4.78, 5) is 12.7. The summed E-state index contributed by atoms with van der Waals surface area (Å²) in [6.07, 6.45) is 0. The normalized spacial score (nSPS) is 10.3. The summed E-state index contributed by atoms with van der Waals surface area (Å²) in [6, 6.07) is 9.10. The molecule has 0 unspecified atom stereocenters. The first-order valence-electron chi connectivity index (χ1n) is 5.51. The van der Waals surface area contributed by atoms with E-state index in [0.29, 0.717) is 11.4 Å². The fourth-order valence-electron chi connectivity index (χ4n) is 1.78. The van der Waals surface area contributed by atoms with Crippen LogP contribution in [0.2, 0.25) is 0 Å². The van der Waals surface area contributed by atoms with Gasteiger partial charge in [-0.15, -0.1) is 0 Å². The van der Waals surface area contributed by atoms with Crippen LogP contribution >= 0.6 is 0 Å². The van der Waals surface area contributed by atoms with Crippen molar-refractivity contribution in [1.29, 1.82) is 0 Å². The van der Waals surface area contributed by atoms with Gasteiger partial charge >= 0.3 is 5.97 Å². The zero-order valence-electron chi connectivity index (χ0n) is 10.1. The molecule has 0 spiro atoms. The topological polar surface area (TPSA) is 40.5 Å². The molecule has 0 saturated carbocycles. The van der Waals surface area contributed by atoms with Crippen LogP contribution in [-0.4, -0.2) is 18.1 Å². The maximum Gasteiger partial charge on any atom is 0.337 e. The highest BCUT2D eigenvalue weighted by molar-refractivity contribution is 5.95. The van der Waals surface area contributed by atoms with Crippen molar-refractivity contribution in [2.75, 3.05) is 11.9 Å². The smallest absolute Gasteiger partial charge is 0.337 e. The second-order valence-corrected chi connectivity index (χ2v) is 4.00. The van der Waals surface area contributed by atoms with Gasteiger partial charge in [0.15, 0.2) is 0 Å². The van der Waals surface area contributed by atoms with E-state index in [2.05, 4.69) is 0 Å². The molecule has 2 rings (SSSR count). The summed E-state index contributed by atoms with van der Waals surface area (Å²) in [5.74, 6) is -2.22. The molecule has 2 aromatic carbocycles. The first-order valence-corrected chi connectivity index (χ1v) is 5.51. The molecule has 1 N–H and O–H groups in total. The van der Waals surface area contributed by atoms with E-state index in [1.807, 2.05) is 0 Å². The summed E-state index contributed by atoms with van der Waals surface area (Å²) < 4.78 is 25.9. The van der Waals surface area contributed by atoms with Crippen molar-refractivity contribution in [2.45, 2.75) is 0 Å². The number of benzene rings is 2. The van der Waals surface area contributed by atoms with Crippen molar-refractivity contribution in [3.63, 3.8) is 0 Å². The fraction of sp³-hybridized carbons (Fsp3) is 0.0714. The van der Waals surface area contributed by atoms with Gasteiger partial charge in [-0.3, -0.25) is 0 Å². The predicted octanol–water partition coefficient (Wildman–Crippen LogP) is 3.43. The average molecular weight is 263 g/mol. The largest absolute Gasteiger partial charge is 0.478 e. The Kier molecular flexibility index (Phi) is 3.46. The van der Waals surface area contributed by atoms with Gasteiger partial charge < -0.3 is 10.0 Å². The van der Waals surface area contributed by atoms with Crippen LogP contribution in [0.15, 0.2) is 42.5 Å². The molecule has 19 heavy (non-hydrogen) atoms. The second-order valence-electron chi connectivity index (χ2n) is 4.00. The van der Waals surface area contributed by atoms with Crippen LogP contribution in [0.3, 0.4) is 0 Å². The molecule has 0 amide bonds. The third kappa shape index (κ3) is 2.70. The number of anilines is 2. The van der Waals surface area contributed by atoms with Crippen LogP contribution in [-0.2, 0) is 0 Å². The first-order chi connectivity index (χ1) is 8.99.